The fourth-order valence-electron chi connectivity index (χ4n) is 2.79. The highest BCUT2D eigenvalue weighted by Crippen LogP contribution is 2.36. The molecule has 2 nitrogen and oxygen atoms in total. The van der Waals surface area contributed by atoms with Crippen molar-refractivity contribution in [2.75, 3.05) is 33.2 Å². The summed E-state index contributed by atoms with van der Waals surface area (Å²) in [5.74, 6) is 2.85. The van der Waals surface area contributed by atoms with Gasteiger partial charge in [-0.3, -0.25) is 0 Å². The van der Waals surface area contributed by atoms with Crippen LogP contribution in [0.25, 0.3) is 0 Å². The maximum atomic E-state index is 3.67. The quantitative estimate of drug-likeness (QED) is 0.746. The van der Waals surface area contributed by atoms with Crippen molar-refractivity contribution in [3.05, 3.63) is 0 Å². The third-order valence-corrected chi connectivity index (χ3v) is 4.05. The van der Waals surface area contributed by atoms with Crippen LogP contribution in [-0.2, 0) is 0 Å². The molecule has 0 bridgehead atoms. The molecule has 15 heavy (non-hydrogen) atoms. The minimum atomic E-state index is 0.898. The molecule has 1 aliphatic heterocycles. The molecule has 2 heteroatoms. The lowest BCUT2D eigenvalue weighted by molar-refractivity contribution is 0.204. The van der Waals surface area contributed by atoms with Gasteiger partial charge < -0.3 is 10.2 Å². The number of hydrogen-bond donors (Lipinski definition) is 1. The molecule has 88 valence electrons. The Balaban J connectivity index is 1.56. The lowest BCUT2D eigenvalue weighted by Crippen LogP contribution is -2.38. The molecule has 2 fully saturated rings. The van der Waals surface area contributed by atoms with E-state index in [1.165, 1.54) is 51.9 Å². The topological polar surface area (TPSA) is 15.3 Å². The molecule has 1 heterocycles. The van der Waals surface area contributed by atoms with E-state index in [4.69, 9.17) is 0 Å². The average Bonchev–Trinajstić information content (AvgIpc) is 3.00. The van der Waals surface area contributed by atoms with Crippen LogP contribution in [0.5, 0.6) is 0 Å². The van der Waals surface area contributed by atoms with Crippen molar-refractivity contribution in [3.8, 4) is 0 Å². The largest absolute Gasteiger partial charge is 0.316 e. The van der Waals surface area contributed by atoms with Crippen LogP contribution in [0.3, 0.4) is 0 Å². The maximum absolute atomic E-state index is 3.67. The van der Waals surface area contributed by atoms with Crippen LogP contribution in [-0.4, -0.2) is 38.1 Å². The Bertz CT molecular complexity index is 189. The molecule has 0 spiro atoms. The number of nitrogens with zero attached hydrogens (tertiary/aromatic N) is 1. The van der Waals surface area contributed by atoms with Gasteiger partial charge in [-0.15, -0.1) is 0 Å². The Hall–Kier alpha value is -0.0800. The fraction of sp³-hybridized carbons (Fsp3) is 1.00. The molecule has 1 saturated heterocycles. The predicted octanol–water partition coefficient (Wildman–Crippen LogP) is 1.96. The number of hydrogen-bond acceptors (Lipinski definition) is 2. The Labute approximate surface area is 94.4 Å². The number of nitrogens with one attached hydrogen (secondary N) is 1. The van der Waals surface area contributed by atoms with E-state index in [1.54, 1.807) is 0 Å². The fourth-order valence-corrected chi connectivity index (χ4v) is 2.79. The van der Waals surface area contributed by atoms with Crippen LogP contribution < -0.4 is 5.32 Å². The van der Waals surface area contributed by atoms with Gasteiger partial charge in [0.2, 0.25) is 0 Å². The molecule has 0 amide bonds. The monoisotopic (exact) mass is 210 g/mol. The van der Waals surface area contributed by atoms with Gasteiger partial charge in [-0.1, -0.05) is 6.92 Å². The summed E-state index contributed by atoms with van der Waals surface area (Å²) in [5.41, 5.74) is 0. The first kappa shape index (κ1) is 11.4. The zero-order chi connectivity index (χ0) is 10.7. The Kier molecular flexibility index (Phi) is 4.04. The van der Waals surface area contributed by atoms with Crippen LogP contribution >= 0.6 is 0 Å². The summed E-state index contributed by atoms with van der Waals surface area (Å²) < 4.78 is 0. The van der Waals surface area contributed by atoms with Crippen LogP contribution in [0.4, 0.5) is 0 Å². The lowest BCUT2D eigenvalue weighted by atomic mass is 9.98. The van der Waals surface area contributed by atoms with E-state index < -0.39 is 0 Å². The molecule has 1 aliphatic carbocycles. The first-order valence-electron chi connectivity index (χ1n) is 6.65. The van der Waals surface area contributed by atoms with Crippen LogP contribution in [0, 0.1) is 17.8 Å². The van der Waals surface area contributed by atoms with Crippen LogP contribution in [0.2, 0.25) is 0 Å². The molecule has 2 rings (SSSR count). The molecule has 0 aromatic heterocycles. The van der Waals surface area contributed by atoms with E-state index in [0.29, 0.717) is 0 Å². The first-order chi connectivity index (χ1) is 7.25. The Morgan fingerprint density at radius 2 is 2.13 bits per heavy atom. The molecule has 0 radical (unpaired) electrons. The van der Waals surface area contributed by atoms with Crippen molar-refractivity contribution in [1.29, 1.82) is 0 Å². The zero-order valence-electron chi connectivity index (χ0n) is 10.3. The smallest absolute Gasteiger partial charge is 0.00187 e. The molecule has 0 aromatic rings. The van der Waals surface area contributed by atoms with E-state index in [0.717, 1.165) is 17.8 Å². The molecule has 2 unspecified atom stereocenters. The van der Waals surface area contributed by atoms with Crippen molar-refractivity contribution in [2.24, 2.45) is 17.8 Å². The molecule has 2 aliphatic rings. The van der Waals surface area contributed by atoms with E-state index >= 15 is 0 Å². The van der Waals surface area contributed by atoms with Gasteiger partial charge in [0.15, 0.2) is 0 Å². The summed E-state index contributed by atoms with van der Waals surface area (Å²) in [6.07, 6.45) is 5.78. The van der Waals surface area contributed by atoms with E-state index in [9.17, 15) is 0 Å². The summed E-state index contributed by atoms with van der Waals surface area (Å²) >= 11 is 0. The zero-order valence-corrected chi connectivity index (χ0v) is 10.3. The Morgan fingerprint density at radius 1 is 1.33 bits per heavy atom. The van der Waals surface area contributed by atoms with E-state index in [1.807, 2.05) is 0 Å². The van der Waals surface area contributed by atoms with Gasteiger partial charge in [-0.25, -0.2) is 0 Å². The van der Waals surface area contributed by atoms with E-state index in [-0.39, 0.29) is 0 Å². The Morgan fingerprint density at radius 3 is 2.80 bits per heavy atom. The average molecular weight is 210 g/mol. The summed E-state index contributed by atoms with van der Waals surface area (Å²) in [7, 11) is 2.25. The molecule has 1 saturated carbocycles. The van der Waals surface area contributed by atoms with Gasteiger partial charge in [0.1, 0.15) is 0 Å². The van der Waals surface area contributed by atoms with Crippen molar-refractivity contribution >= 4 is 0 Å². The highest BCUT2D eigenvalue weighted by atomic mass is 15.1. The van der Waals surface area contributed by atoms with Gasteiger partial charge in [0.25, 0.3) is 0 Å². The third-order valence-electron chi connectivity index (χ3n) is 4.05. The van der Waals surface area contributed by atoms with Crippen molar-refractivity contribution in [3.63, 3.8) is 0 Å². The molecule has 2 atom stereocenters. The third kappa shape index (κ3) is 3.76. The number of piperidine rings is 1. The summed E-state index contributed by atoms with van der Waals surface area (Å²) in [6.45, 7) is 7.48. The highest BCUT2D eigenvalue weighted by Gasteiger charge is 2.27. The second kappa shape index (κ2) is 5.31. The molecular weight excluding hydrogens is 184 g/mol. The molecule has 0 aromatic carbocycles. The van der Waals surface area contributed by atoms with Gasteiger partial charge in [-0.05, 0) is 70.1 Å². The van der Waals surface area contributed by atoms with Crippen LogP contribution in [0.1, 0.15) is 32.6 Å². The van der Waals surface area contributed by atoms with Crippen molar-refractivity contribution in [2.45, 2.75) is 32.6 Å². The summed E-state index contributed by atoms with van der Waals surface area (Å²) in [6, 6.07) is 0. The minimum Gasteiger partial charge on any atom is -0.316 e. The minimum absolute atomic E-state index is 0.898. The van der Waals surface area contributed by atoms with Crippen molar-refractivity contribution < 1.29 is 0 Å². The lowest BCUT2D eigenvalue weighted by Gasteiger charge is -2.30. The predicted molar refractivity (Wildman–Crippen MR) is 65.0 cm³/mol. The standard InChI is InChI=1S/C13H26N2/c1-11(13-5-6-13)8-14-9-12-4-3-7-15(2)10-12/h11-14H,3-10H2,1-2H3. The summed E-state index contributed by atoms with van der Waals surface area (Å²) in [5, 5.41) is 3.67. The normalized spacial score (nSPS) is 30.4. The van der Waals surface area contributed by atoms with E-state index in [2.05, 4.69) is 24.2 Å². The molecular formula is C13H26N2. The van der Waals surface area contributed by atoms with Gasteiger partial charge in [-0.2, -0.15) is 0 Å². The first-order valence-corrected chi connectivity index (χ1v) is 6.65. The second-order valence-electron chi connectivity index (χ2n) is 5.74. The highest BCUT2D eigenvalue weighted by molar-refractivity contribution is 4.80. The second-order valence-corrected chi connectivity index (χ2v) is 5.74. The SMILES string of the molecule is CC(CNCC1CCCN(C)C1)C1CC1. The molecule has 1 N–H and O–H groups in total. The number of rotatable bonds is 5. The van der Waals surface area contributed by atoms with Crippen LogP contribution in [0.15, 0.2) is 0 Å². The van der Waals surface area contributed by atoms with Gasteiger partial charge in [0.05, 0.1) is 0 Å². The maximum Gasteiger partial charge on any atom is 0.00187 e. The van der Waals surface area contributed by atoms with Gasteiger partial charge >= 0.3 is 0 Å². The van der Waals surface area contributed by atoms with Crippen molar-refractivity contribution in [1.82, 2.24) is 10.2 Å². The number of likely N-dealkylation sites (tertiary alicyclic amines) is 1. The summed E-state index contributed by atoms with van der Waals surface area (Å²) in [4.78, 5) is 2.47. The van der Waals surface area contributed by atoms with Gasteiger partial charge in [0, 0.05) is 6.54 Å².